The van der Waals surface area contributed by atoms with Crippen molar-refractivity contribution in [3.8, 4) is 0 Å². The first kappa shape index (κ1) is 20.2. The molecule has 0 N–H and O–H groups in total. The molecule has 5 heterocycles. The molecule has 0 fully saturated rings. The molecule has 164 valence electrons. The van der Waals surface area contributed by atoms with E-state index in [1.54, 1.807) is 36.5 Å². The first-order valence-corrected chi connectivity index (χ1v) is 10.2. The Hall–Kier alpha value is -4.46. The number of rotatable bonds is 1. The Morgan fingerprint density at radius 1 is 0.471 bits per heavy atom. The third-order valence-electron chi connectivity index (χ3n) is 5.43. The average molecular weight is 456 g/mol. The van der Waals surface area contributed by atoms with Crippen molar-refractivity contribution >= 4 is 28.4 Å². The van der Waals surface area contributed by atoms with Gasteiger partial charge in [0.25, 0.3) is 0 Å². The molecule has 0 saturated carbocycles. The van der Waals surface area contributed by atoms with Crippen LogP contribution in [-0.4, -0.2) is 22.8 Å². The Labute approximate surface area is 190 Å². The Morgan fingerprint density at radius 2 is 1.00 bits per heavy atom. The van der Waals surface area contributed by atoms with Gasteiger partial charge in [-0.1, -0.05) is 0 Å². The molecule has 0 amide bonds. The van der Waals surface area contributed by atoms with Crippen LogP contribution in [0.15, 0.2) is 116 Å². The van der Waals surface area contributed by atoms with Crippen LogP contribution >= 0.6 is 0 Å². The minimum Gasteiger partial charge on any atom is -0.249 e. The van der Waals surface area contributed by atoms with Gasteiger partial charge in [-0.3, -0.25) is 0 Å². The third kappa shape index (κ3) is 3.49. The summed E-state index contributed by atoms with van der Waals surface area (Å²) < 4.78 is 56.1. The van der Waals surface area contributed by atoms with Crippen LogP contribution < -0.4 is 0 Å². The van der Waals surface area contributed by atoms with Gasteiger partial charge in [0.1, 0.15) is 0 Å². The van der Waals surface area contributed by atoms with Gasteiger partial charge in [0.15, 0.2) is 23.3 Å². The highest BCUT2D eigenvalue weighted by Gasteiger charge is 2.26. The maximum absolute atomic E-state index is 14.6. The van der Waals surface area contributed by atoms with Gasteiger partial charge in [0.05, 0.1) is 45.6 Å². The summed E-state index contributed by atoms with van der Waals surface area (Å²) in [5.74, 6) is -6.74. The van der Waals surface area contributed by atoms with E-state index in [1.165, 1.54) is 6.08 Å². The number of nitrogens with zero attached hydrogens (tertiary/aromatic N) is 4. The van der Waals surface area contributed by atoms with Crippen LogP contribution in [0, 0.1) is 23.3 Å². The third-order valence-corrected chi connectivity index (χ3v) is 5.43. The molecule has 6 rings (SSSR count). The number of halogens is 4. The lowest BCUT2D eigenvalue weighted by atomic mass is 10.0. The van der Waals surface area contributed by atoms with Gasteiger partial charge < -0.3 is 0 Å². The number of hydrogen-bond acceptors (Lipinski definition) is 4. The van der Waals surface area contributed by atoms with Crippen LogP contribution in [0.2, 0.25) is 0 Å². The summed E-state index contributed by atoms with van der Waals surface area (Å²) in [6.07, 6.45) is 19.2. The van der Waals surface area contributed by atoms with Crippen molar-refractivity contribution in [3.05, 3.63) is 125 Å². The predicted octanol–water partition coefficient (Wildman–Crippen LogP) is 5.66. The molecule has 5 aliphatic rings. The smallest absolute Gasteiger partial charge is 0.198 e. The fourth-order valence-electron chi connectivity index (χ4n) is 3.88. The minimum atomic E-state index is -1.88. The van der Waals surface area contributed by atoms with Gasteiger partial charge in [-0.25, -0.2) is 37.5 Å². The Kier molecular flexibility index (Phi) is 4.48. The normalized spacial score (nSPS) is 19.8. The van der Waals surface area contributed by atoms with Crippen molar-refractivity contribution in [2.45, 2.75) is 0 Å². The summed E-state index contributed by atoms with van der Waals surface area (Å²) in [6, 6.07) is 0.623. The Balaban J connectivity index is 1.53. The largest absolute Gasteiger partial charge is 0.249 e. The first-order valence-electron chi connectivity index (χ1n) is 10.2. The van der Waals surface area contributed by atoms with Crippen molar-refractivity contribution in [3.63, 3.8) is 0 Å². The first-order chi connectivity index (χ1) is 16.4. The molecule has 4 nitrogen and oxygen atoms in total. The van der Waals surface area contributed by atoms with Gasteiger partial charge in [-0.15, -0.1) is 0 Å². The van der Waals surface area contributed by atoms with Gasteiger partial charge >= 0.3 is 0 Å². The maximum atomic E-state index is 14.6. The number of benzene rings is 1. The second-order valence-corrected chi connectivity index (χ2v) is 7.79. The summed E-state index contributed by atoms with van der Waals surface area (Å²) >= 11 is 0. The second-order valence-electron chi connectivity index (χ2n) is 7.79. The standard InChI is InChI=1S/C26H12F4N4/c27-22-12-21(24(28)26(30)25(22)29)20-10-19-9-17-4-3-15(32-17)7-13-1-2-14(31-13)8-16-5-6-18(33-16)11-23(20)34-19/h1-12H. The molecule has 1 aromatic rings. The fraction of sp³-hybridized carbons (Fsp3) is 0. The topological polar surface area (TPSA) is 49.4 Å². The van der Waals surface area contributed by atoms with E-state index in [4.69, 9.17) is 0 Å². The van der Waals surface area contributed by atoms with E-state index in [9.17, 15) is 17.6 Å². The molecule has 0 spiro atoms. The van der Waals surface area contributed by atoms with Crippen molar-refractivity contribution in [2.75, 3.05) is 0 Å². The van der Waals surface area contributed by atoms with E-state index < -0.39 is 28.8 Å². The lowest BCUT2D eigenvalue weighted by Gasteiger charge is -2.08. The number of allylic oxidation sites excluding steroid dienone is 12. The van der Waals surface area contributed by atoms with Crippen molar-refractivity contribution < 1.29 is 17.6 Å². The van der Waals surface area contributed by atoms with E-state index in [0.717, 1.165) is 11.4 Å². The molecule has 0 unspecified atom stereocenters. The lowest BCUT2D eigenvalue weighted by Crippen LogP contribution is -2.02. The lowest BCUT2D eigenvalue weighted by molar-refractivity contribution is 0.408. The van der Waals surface area contributed by atoms with Crippen LogP contribution in [0.3, 0.4) is 0 Å². The number of aliphatic imine (C=N–C) groups is 4. The summed E-state index contributed by atoms with van der Waals surface area (Å²) in [5.41, 5.74) is 4.13. The predicted molar refractivity (Wildman–Crippen MR) is 124 cm³/mol. The molecule has 8 bridgehead atoms. The van der Waals surface area contributed by atoms with Gasteiger partial charge in [0.2, 0.25) is 0 Å². The van der Waals surface area contributed by atoms with Crippen LogP contribution in [0.25, 0.3) is 5.57 Å². The average Bonchev–Trinajstić information content (AvgIpc) is 3.60. The molecule has 0 saturated heterocycles. The second kappa shape index (κ2) is 7.55. The zero-order valence-corrected chi connectivity index (χ0v) is 17.2. The summed E-state index contributed by atoms with van der Waals surface area (Å²) in [4.78, 5) is 18.0. The summed E-state index contributed by atoms with van der Waals surface area (Å²) in [6.45, 7) is 0. The van der Waals surface area contributed by atoms with Gasteiger partial charge in [-0.2, -0.15) is 0 Å². The van der Waals surface area contributed by atoms with Crippen LogP contribution in [0.5, 0.6) is 0 Å². The van der Waals surface area contributed by atoms with E-state index >= 15 is 0 Å². The molecule has 34 heavy (non-hydrogen) atoms. The van der Waals surface area contributed by atoms with E-state index in [-0.39, 0.29) is 11.3 Å². The summed E-state index contributed by atoms with van der Waals surface area (Å²) in [7, 11) is 0. The Morgan fingerprint density at radius 3 is 1.59 bits per heavy atom. The number of hydrogen-bond donors (Lipinski definition) is 0. The number of fused-ring (bicyclic) bond motifs is 4. The molecular formula is C26H12F4N4. The van der Waals surface area contributed by atoms with Gasteiger partial charge in [0, 0.05) is 11.1 Å². The molecule has 5 aliphatic heterocycles. The monoisotopic (exact) mass is 456 g/mol. The quantitative estimate of drug-likeness (QED) is 0.297. The zero-order valence-electron chi connectivity index (χ0n) is 17.2. The fourth-order valence-corrected chi connectivity index (χ4v) is 3.88. The van der Waals surface area contributed by atoms with Crippen molar-refractivity contribution in [1.29, 1.82) is 0 Å². The highest BCUT2D eigenvalue weighted by Crippen LogP contribution is 2.34. The Bertz CT molecular complexity index is 1570. The SMILES string of the molecule is Fc1cc(C2=CC3=NC2=CC2=NC(=CC4=NC(=CC5=NC(=C3)C=C5)C=C4)C=C2)c(F)c(F)c1F. The van der Waals surface area contributed by atoms with Crippen LogP contribution in [0.1, 0.15) is 5.56 Å². The molecular weight excluding hydrogens is 444 g/mol. The highest BCUT2D eigenvalue weighted by molar-refractivity contribution is 6.19. The van der Waals surface area contributed by atoms with Crippen LogP contribution in [0.4, 0.5) is 17.6 Å². The highest BCUT2D eigenvalue weighted by atomic mass is 19.2. The van der Waals surface area contributed by atoms with Crippen molar-refractivity contribution in [1.82, 2.24) is 0 Å². The van der Waals surface area contributed by atoms with E-state index in [1.807, 2.05) is 24.3 Å². The minimum absolute atomic E-state index is 0.0969. The zero-order chi connectivity index (χ0) is 23.4. The summed E-state index contributed by atoms with van der Waals surface area (Å²) in [5, 5.41) is 0. The maximum Gasteiger partial charge on any atom is 0.198 e. The molecule has 8 heteroatoms. The van der Waals surface area contributed by atoms with Crippen LogP contribution in [-0.2, 0) is 0 Å². The molecule has 0 atom stereocenters. The van der Waals surface area contributed by atoms with E-state index in [0.29, 0.717) is 34.6 Å². The van der Waals surface area contributed by atoms with E-state index in [2.05, 4.69) is 20.0 Å². The van der Waals surface area contributed by atoms with Crippen molar-refractivity contribution in [2.24, 2.45) is 20.0 Å². The molecule has 0 radical (unpaired) electrons. The molecule has 0 aromatic heterocycles. The molecule has 1 aromatic carbocycles. The van der Waals surface area contributed by atoms with Gasteiger partial charge in [-0.05, 0) is 72.9 Å². The molecule has 0 aliphatic carbocycles.